The topological polar surface area (TPSA) is 46.9 Å². The van der Waals surface area contributed by atoms with E-state index in [4.69, 9.17) is 0 Å². The molecule has 1 N–H and O–H groups in total. The van der Waals surface area contributed by atoms with E-state index in [1.165, 1.54) is 0 Å². The van der Waals surface area contributed by atoms with E-state index in [-0.39, 0.29) is 11.9 Å². The van der Waals surface area contributed by atoms with E-state index >= 15 is 0 Å². The van der Waals surface area contributed by atoms with Gasteiger partial charge >= 0.3 is 0 Å². The summed E-state index contributed by atoms with van der Waals surface area (Å²) in [7, 11) is 1.96. The zero-order valence-corrected chi connectivity index (χ0v) is 9.69. The van der Waals surface area contributed by atoms with E-state index in [2.05, 4.69) is 10.3 Å². The largest absolute Gasteiger partial charge is 0.349 e. The lowest BCUT2D eigenvalue weighted by Crippen LogP contribution is -2.30. The third-order valence-electron chi connectivity index (χ3n) is 2.39. The third kappa shape index (κ3) is 1.91. The Hall–Kier alpha value is -1.84. The second-order valence-corrected chi connectivity index (χ2v) is 4.16. The third-order valence-corrected chi connectivity index (χ3v) is 2.39. The molecule has 0 aliphatic heterocycles. The fraction of sp³-hybridized carbons (Fsp3) is 0.333. The van der Waals surface area contributed by atoms with Gasteiger partial charge in [0.05, 0.1) is 11.0 Å². The Morgan fingerprint density at radius 2 is 2.12 bits per heavy atom. The molecular formula is C12H15N3O. The van der Waals surface area contributed by atoms with Crippen LogP contribution < -0.4 is 5.32 Å². The highest BCUT2D eigenvalue weighted by Gasteiger charge is 2.09. The lowest BCUT2D eigenvalue weighted by molar-refractivity contribution is 0.0938. The molecule has 2 heterocycles. The van der Waals surface area contributed by atoms with Crippen LogP contribution in [0.1, 0.15) is 24.3 Å². The second kappa shape index (κ2) is 3.96. The van der Waals surface area contributed by atoms with Crippen LogP contribution in [0.4, 0.5) is 0 Å². The molecule has 4 heteroatoms. The summed E-state index contributed by atoms with van der Waals surface area (Å²) in [6.45, 7) is 3.86. The Kier molecular flexibility index (Phi) is 2.64. The van der Waals surface area contributed by atoms with Crippen molar-refractivity contribution in [1.29, 1.82) is 0 Å². The van der Waals surface area contributed by atoms with Crippen molar-refractivity contribution in [3.63, 3.8) is 0 Å². The number of amides is 1. The summed E-state index contributed by atoms with van der Waals surface area (Å²) < 4.78 is 1.98. The summed E-state index contributed by atoms with van der Waals surface area (Å²) in [4.78, 5) is 16.0. The van der Waals surface area contributed by atoms with Crippen molar-refractivity contribution in [2.45, 2.75) is 19.9 Å². The SMILES string of the molecule is CC(C)NC(=O)c1ccc2c(ccn2C)n1. The average molecular weight is 217 g/mol. The first-order valence-electron chi connectivity index (χ1n) is 5.31. The quantitative estimate of drug-likeness (QED) is 0.832. The first kappa shape index (κ1) is 10.7. The van der Waals surface area contributed by atoms with Crippen molar-refractivity contribution in [2.24, 2.45) is 7.05 Å². The van der Waals surface area contributed by atoms with Crippen LogP contribution in [0, 0.1) is 0 Å². The first-order valence-corrected chi connectivity index (χ1v) is 5.31. The Balaban J connectivity index is 2.36. The number of carbonyl (C=O) groups excluding carboxylic acids is 1. The lowest BCUT2D eigenvalue weighted by Gasteiger charge is -2.07. The van der Waals surface area contributed by atoms with Gasteiger partial charge < -0.3 is 9.88 Å². The molecular weight excluding hydrogens is 202 g/mol. The maximum atomic E-state index is 11.7. The number of pyridine rings is 1. The van der Waals surface area contributed by atoms with Crippen molar-refractivity contribution >= 4 is 16.9 Å². The van der Waals surface area contributed by atoms with Gasteiger partial charge in [-0.05, 0) is 32.0 Å². The molecule has 0 aliphatic carbocycles. The van der Waals surface area contributed by atoms with E-state index in [1.54, 1.807) is 6.07 Å². The fourth-order valence-electron chi connectivity index (χ4n) is 1.61. The summed E-state index contributed by atoms with van der Waals surface area (Å²) in [6.07, 6.45) is 1.93. The van der Waals surface area contributed by atoms with Crippen LogP contribution >= 0.6 is 0 Å². The van der Waals surface area contributed by atoms with Gasteiger partial charge in [0.2, 0.25) is 0 Å². The average Bonchev–Trinajstić information content (AvgIpc) is 2.59. The molecule has 84 valence electrons. The lowest BCUT2D eigenvalue weighted by atomic mass is 10.3. The highest BCUT2D eigenvalue weighted by molar-refractivity contribution is 5.94. The molecule has 0 unspecified atom stereocenters. The number of carbonyl (C=O) groups is 1. The molecule has 0 aromatic carbocycles. The molecule has 2 rings (SSSR count). The summed E-state index contributed by atoms with van der Waals surface area (Å²) >= 11 is 0. The Morgan fingerprint density at radius 1 is 1.38 bits per heavy atom. The number of aromatic nitrogens is 2. The molecule has 1 amide bonds. The molecule has 0 atom stereocenters. The van der Waals surface area contributed by atoms with Crippen LogP contribution in [0.2, 0.25) is 0 Å². The van der Waals surface area contributed by atoms with Gasteiger partial charge in [-0.15, -0.1) is 0 Å². The maximum absolute atomic E-state index is 11.7. The van der Waals surface area contributed by atoms with Gasteiger partial charge in [-0.2, -0.15) is 0 Å². The Morgan fingerprint density at radius 3 is 2.81 bits per heavy atom. The molecule has 2 aromatic heterocycles. The van der Waals surface area contributed by atoms with Crippen molar-refractivity contribution in [3.05, 3.63) is 30.1 Å². The van der Waals surface area contributed by atoms with E-state index in [1.807, 2.05) is 43.8 Å². The van der Waals surface area contributed by atoms with Crippen molar-refractivity contribution < 1.29 is 4.79 Å². The van der Waals surface area contributed by atoms with Crippen molar-refractivity contribution in [3.8, 4) is 0 Å². The normalized spacial score (nSPS) is 11.0. The highest BCUT2D eigenvalue weighted by Crippen LogP contribution is 2.12. The number of nitrogens with zero attached hydrogens (tertiary/aromatic N) is 2. The molecule has 0 aliphatic rings. The van der Waals surface area contributed by atoms with Gasteiger partial charge in [0, 0.05) is 19.3 Å². The van der Waals surface area contributed by atoms with E-state index in [0.717, 1.165) is 11.0 Å². The van der Waals surface area contributed by atoms with E-state index < -0.39 is 0 Å². The number of nitrogens with one attached hydrogen (secondary N) is 1. The summed E-state index contributed by atoms with van der Waals surface area (Å²) in [5, 5.41) is 2.82. The summed E-state index contributed by atoms with van der Waals surface area (Å²) in [5.41, 5.74) is 2.34. The molecule has 4 nitrogen and oxygen atoms in total. The number of rotatable bonds is 2. The van der Waals surface area contributed by atoms with Crippen LogP contribution in [0.15, 0.2) is 24.4 Å². The van der Waals surface area contributed by atoms with E-state index in [9.17, 15) is 4.79 Å². The van der Waals surface area contributed by atoms with Crippen LogP contribution in [-0.2, 0) is 7.05 Å². The summed E-state index contributed by atoms with van der Waals surface area (Å²) in [6, 6.07) is 5.69. The minimum atomic E-state index is -0.124. The molecule has 0 radical (unpaired) electrons. The number of fused-ring (bicyclic) bond motifs is 1. The van der Waals surface area contributed by atoms with Gasteiger partial charge in [-0.25, -0.2) is 4.98 Å². The number of aryl methyl sites for hydroxylation is 1. The predicted octanol–water partition coefficient (Wildman–Crippen LogP) is 1.71. The molecule has 0 bridgehead atoms. The summed E-state index contributed by atoms with van der Waals surface area (Å²) in [5.74, 6) is -0.124. The maximum Gasteiger partial charge on any atom is 0.270 e. The molecule has 2 aromatic rings. The Bertz CT molecular complexity index is 528. The molecule has 0 saturated heterocycles. The zero-order chi connectivity index (χ0) is 11.7. The van der Waals surface area contributed by atoms with Crippen LogP contribution in [0.3, 0.4) is 0 Å². The minimum Gasteiger partial charge on any atom is -0.349 e. The van der Waals surface area contributed by atoms with E-state index in [0.29, 0.717) is 5.69 Å². The molecule has 16 heavy (non-hydrogen) atoms. The van der Waals surface area contributed by atoms with Crippen molar-refractivity contribution in [2.75, 3.05) is 0 Å². The fourth-order valence-corrected chi connectivity index (χ4v) is 1.61. The van der Waals surface area contributed by atoms with Gasteiger partial charge in [0.15, 0.2) is 0 Å². The van der Waals surface area contributed by atoms with Gasteiger partial charge in [0.25, 0.3) is 5.91 Å². The molecule has 0 saturated carbocycles. The van der Waals surface area contributed by atoms with Crippen LogP contribution in [0.25, 0.3) is 11.0 Å². The molecule has 0 spiro atoms. The predicted molar refractivity (Wildman–Crippen MR) is 63.3 cm³/mol. The molecule has 0 fully saturated rings. The van der Waals surface area contributed by atoms with Crippen molar-refractivity contribution in [1.82, 2.24) is 14.9 Å². The Labute approximate surface area is 94.3 Å². The second-order valence-electron chi connectivity index (χ2n) is 4.16. The zero-order valence-electron chi connectivity index (χ0n) is 9.69. The number of hydrogen-bond acceptors (Lipinski definition) is 2. The van der Waals surface area contributed by atoms with Crippen LogP contribution in [0.5, 0.6) is 0 Å². The van der Waals surface area contributed by atoms with Crippen LogP contribution in [-0.4, -0.2) is 21.5 Å². The first-order chi connectivity index (χ1) is 7.58. The minimum absolute atomic E-state index is 0.124. The smallest absolute Gasteiger partial charge is 0.270 e. The van der Waals surface area contributed by atoms with Gasteiger partial charge in [-0.1, -0.05) is 0 Å². The standard InChI is InChI=1S/C12H15N3O/c1-8(2)13-12(16)10-4-5-11-9(14-10)6-7-15(11)3/h4-8H,1-3H3,(H,13,16). The van der Waals surface area contributed by atoms with Gasteiger partial charge in [-0.3, -0.25) is 4.79 Å². The monoisotopic (exact) mass is 217 g/mol. The van der Waals surface area contributed by atoms with Gasteiger partial charge in [0.1, 0.15) is 5.69 Å². The number of hydrogen-bond donors (Lipinski definition) is 1. The highest BCUT2D eigenvalue weighted by atomic mass is 16.1.